The molecular weight excluding hydrogens is 296 g/mol. The molecular formula is C16H20N4O3. The van der Waals surface area contributed by atoms with Gasteiger partial charge in [-0.15, -0.1) is 0 Å². The fourth-order valence-electron chi connectivity index (χ4n) is 2.98. The first-order valence-electron chi connectivity index (χ1n) is 7.75. The summed E-state index contributed by atoms with van der Waals surface area (Å²) >= 11 is 0. The van der Waals surface area contributed by atoms with Crippen LogP contribution >= 0.6 is 0 Å². The maximum Gasteiger partial charge on any atom is 0.276 e. The van der Waals surface area contributed by atoms with Crippen molar-refractivity contribution < 1.29 is 14.4 Å². The van der Waals surface area contributed by atoms with Crippen LogP contribution in [0.2, 0.25) is 0 Å². The molecule has 1 aliphatic rings. The number of carbonyl (C=O) groups excluding carboxylic acids is 1. The Labute approximate surface area is 134 Å². The van der Waals surface area contributed by atoms with Crippen molar-refractivity contribution in [1.29, 1.82) is 0 Å². The third-order valence-corrected chi connectivity index (χ3v) is 4.34. The molecule has 1 fully saturated rings. The van der Waals surface area contributed by atoms with Gasteiger partial charge < -0.3 is 14.5 Å². The van der Waals surface area contributed by atoms with E-state index in [4.69, 9.17) is 4.52 Å². The Kier molecular flexibility index (Phi) is 4.38. The summed E-state index contributed by atoms with van der Waals surface area (Å²) in [6.07, 6.45) is 3.49. The summed E-state index contributed by atoms with van der Waals surface area (Å²) in [7, 11) is 0. The maximum absolute atomic E-state index is 12.6. The molecule has 1 saturated heterocycles. The number of aliphatic hydroxyl groups is 1. The van der Waals surface area contributed by atoms with Crippen LogP contribution in [0.4, 0.5) is 0 Å². The third kappa shape index (κ3) is 3.10. The highest BCUT2D eigenvalue weighted by Crippen LogP contribution is 2.27. The number of likely N-dealkylation sites (tertiary alicyclic amines) is 1. The van der Waals surface area contributed by atoms with E-state index >= 15 is 0 Å². The molecule has 0 spiro atoms. The Morgan fingerprint density at radius 1 is 1.39 bits per heavy atom. The van der Waals surface area contributed by atoms with Crippen molar-refractivity contribution in [2.24, 2.45) is 0 Å². The largest absolute Gasteiger partial charge is 0.391 e. The van der Waals surface area contributed by atoms with E-state index < -0.39 is 0 Å². The average Bonchev–Trinajstić information content (AvgIpc) is 2.95. The number of amides is 1. The van der Waals surface area contributed by atoms with Crippen LogP contribution in [0.1, 0.15) is 52.1 Å². The SMILES string of the molecule is Cc1nccc(C2CCN(C(=O)c3noc(C)c3CO)CC2)n1. The van der Waals surface area contributed by atoms with E-state index in [-0.39, 0.29) is 18.2 Å². The number of aryl methyl sites for hydroxylation is 2. The number of hydrogen-bond donors (Lipinski definition) is 1. The fourth-order valence-corrected chi connectivity index (χ4v) is 2.98. The lowest BCUT2D eigenvalue weighted by atomic mass is 9.93. The number of hydrogen-bond acceptors (Lipinski definition) is 6. The molecule has 0 radical (unpaired) electrons. The van der Waals surface area contributed by atoms with Crippen LogP contribution in [-0.4, -0.2) is 44.1 Å². The lowest BCUT2D eigenvalue weighted by Gasteiger charge is -2.31. The predicted molar refractivity (Wildman–Crippen MR) is 81.8 cm³/mol. The highest BCUT2D eigenvalue weighted by molar-refractivity contribution is 5.93. The molecule has 3 rings (SSSR count). The van der Waals surface area contributed by atoms with Crippen molar-refractivity contribution in [3.05, 3.63) is 40.8 Å². The van der Waals surface area contributed by atoms with Gasteiger partial charge in [0.25, 0.3) is 5.91 Å². The lowest BCUT2D eigenvalue weighted by molar-refractivity contribution is 0.0698. The van der Waals surface area contributed by atoms with Crippen molar-refractivity contribution in [1.82, 2.24) is 20.0 Å². The highest BCUT2D eigenvalue weighted by Gasteiger charge is 2.29. The molecule has 2 aromatic rings. The van der Waals surface area contributed by atoms with Crippen LogP contribution < -0.4 is 0 Å². The number of nitrogens with zero attached hydrogens (tertiary/aromatic N) is 4. The van der Waals surface area contributed by atoms with Crippen LogP contribution in [0.3, 0.4) is 0 Å². The lowest BCUT2D eigenvalue weighted by Crippen LogP contribution is -2.38. The van der Waals surface area contributed by atoms with Gasteiger partial charge in [0, 0.05) is 30.9 Å². The first-order chi connectivity index (χ1) is 11.1. The molecule has 7 nitrogen and oxygen atoms in total. The van der Waals surface area contributed by atoms with Crippen LogP contribution in [0.5, 0.6) is 0 Å². The summed E-state index contributed by atoms with van der Waals surface area (Å²) in [6.45, 7) is 4.62. The average molecular weight is 316 g/mol. The minimum absolute atomic E-state index is 0.178. The van der Waals surface area contributed by atoms with E-state index in [1.807, 2.05) is 13.0 Å². The van der Waals surface area contributed by atoms with Crippen molar-refractivity contribution >= 4 is 5.91 Å². The first kappa shape index (κ1) is 15.6. The first-order valence-corrected chi connectivity index (χ1v) is 7.75. The molecule has 0 saturated carbocycles. The summed E-state index contributed by atoms with van der Waals surface area (Å²) in [4.78, 5) is 22.9. The molecule has 1 N–H and O–H groups in total. The normalized spacial score (nSPS) is 15.9. The minimum Gasteiger partial charge on any atom is -0.391 e. The number of aliphatic hydroxyl groups excluding tert-OH is 1. The fraction of sp³-hybridized carbons (Fsp3) is 0.500. The van der Waals surface area contributed by atoms with E-state index in [0.29, 0.717) is 30.3 Å². The third-order valence-electron chi connectivity index (χ3n) is 4.34. The number of carbonyl (C=O) groups is 1. The summed E-state index contributed by atoms with van der Waals surface area (Å²) in [5.41, 5.74) is 1.74. The van der Waals surface area contributed by atoms with E-state index in [9.17, 15) is 9.90 Å². The summed E-state index contributed by atoms with van der Waals surface area (Å²) in [5.74, 6) is 1.43. The molecule has 3 heterocycles. The maximum atomic E-state index is 12.6. The molecule has 2 aromatic heterocycles. The number of aromatic nitrogens is 3. The van der Waals surface area contributed by atoms with Gasteiger partial charge in [-0.3, -0.25) is 4.79 Å². The van der Waals surface area contributed by atoms with Gasteiger partial charge in [0.15, 0.2) is 5.69 Å². The molecule has 1 aliphatic heterocycles. The molecule has 0 atom stereocenters. The van der Waals surface area contributed by atoms with Gasteiger partial charge in [-0.2, -0.15) is 0 Å². The van der Waals surface area contributed by atoms with Crippen LogP contribution in [-0.2, 0) is 6.61 Å². The zero-order chi connectivity index (χ0) is 16.4. The smallest absolute Gasteiger partial charge is 0.276 e. The van der Waals surface area contributed by atoms with Gasteiger partial charge in [0.1, 0.15) is 11.6 Å². The van der Waals surface area contributed by atoms with E-state index in [1.54, 1.807) is 18.0 Å². The Morgan fingerprint density at radius 3 is 2.78 bits per heavy atom. The second-order valence-corrected chi connectivity index (χ2v) is 5.82. The van der Waals surface area contributed by atoms with Crippen LogP contribution in [0, 0.1) is 13.8 Å². The summed E-state index contributed by atoms with van der Waals surface area (Å²) < 4.78 is 5.03. The van der Waals surface area contributed by atoms with E-state index in [2.05, 4.69) is 15.1 Å². The second kappa shape index (κ2) is 6.45. The van der Waals surface area contributed by atoms with Crippen molar-refractivity contribution in [2.45, 2.75) is 39.2 Å². The standard InChI is InChI=1S/C16H20N4O3/c1-10-13(9-21)15(19-23-10)16(22)20-7-4-12(5-8-20)14-3-6-17-11(2)18-14/h3,6,12,21H,4-5,7-9H2,1-2H3. The molecule has 0 aromatic carbocycles. The zero-order valence-electron chi connectivity index (χ0n) is 13.3. The van der Waals surface area contributed by atoms with Gasteiger partial charge in [0.05, 0.1) is 12.2 Å². The van der Waals surface area contributed by atoms with Crippen molar-refractivity contribution in [3.8, 4) is 0 Å². The van der Waals surface area contributed by atoms with Crippen LogP contribution in [0.15, 0.2) is 16.8 Å². The quantitative estimate of drug-likeness (QED) is 0.924. The minimum atomic E-state index is -0.243. The summed E-state index contributed by atoms with van der Waals surface area (Å²) in [5, 5.41) is 13.2. The van der Waals surface area contributed by atoms with E-state index in [1.165, 1.54) is 0 Å². The topological polar surface area (TPSA) is 92.4 Å². The summed E-state index contributed by atoms with van der Waals surface area (Å²) in [6, 6.07) is 1.94. The molecule has 0 aliphatic carbocycles. The van der Waals surface area contributed by atoms with Gasteiger partial charge in [-0.05, 0) is 32.8 Å². The molecule has 0 unspecified atom stereocenters. The van der Waals surface area contributed by atoms with Gasteiger partial charge >= 0.3 is 0 Å². The Morgan fingerprint density at radius 2 is 2.13 bits per heavy atom. The van der Waals surface area contributed by atoms with Gasteiger partial charge in [0.2, 0.25) is 0 Å². The molecule has 0 bridgehead atoms. The van der Waals surface area contributed by atoms with Crippen molar-refractivity contribution in [2.75, 3.05) is 13.1 Å². The highest BCUT2D eigenvalue weighted by atomic mass is 16.5. The van der Waals surface area contributed by atoms with Crippen LogP contribution in [0.25, 0.3) is 0 Å². The van der Waals surface area contributed by atoms with Gasteiger partial charge in [-0.1, -0.05) is 5.16 Å². The number of piperidine rings is 1. The van der Waals surface area contributed by atoms with Gasteiger partial charge in [-0.25, -0.2) is 9.97 Å². The van der Waals surface area contributed by atoms with Crippen molar-refractivity contribution in [3.63, 3.8) is 0 Å². The Bertz CT molecular complexity index is 705. The Balaban J connectivity index is 1.68. The molecule has 122 valence electrons. The molecule has 7 heteroatoms. The monoisotopic (exact) mass is 316 g/mol. The van der Waals surface area contributed by atoms with E-state index in [0.717, 1.165) is 24.4 Å². The number of rotatable bonds is 3. The molecule has 23 heavy (non-hydrogen) atoms. The predicted octanol–water partition coefficient (Wildman–Crippen LogP) is 1.59. The Hall–Kier alpha value is -2.28. The molecule has 1 amide bonds. The zero-order valence-corrected chi connectivity index (χ0v) is 13.3. The second-order valence-electron chi connectivity index (χ2n) is 5.82.